The third-order valence-electron chi connectivity index (χ3n) is 3.43. The van der Waals surface area contributed by atoms with Crippen LogP contribution in [0.3, 0.4) is 0 Å². The topological polar surface area (TPSA) is 32.7 Å². The van der Waals surface area contributed by atoms with Crippen molar-refractivity contribution >= 4 is 21.6 Å². The molecule has 0 saturated carbocycles. The van der Waals surface area contributed by atoms with Crippen LogP contribution in [0.4, 0.5) is 5.69 Å². The Bertz CT molecular complexity index is 391. The molecule has 0 amide bonds. The summed E-state index contributed by atoms with van der Waals surface area (Å²) in [6, 6.07) is 6.09. The number of nitrogens with zero attached hydrogens (tertiary/aromatic N) is 1. The Morgan fingerprint density at radius 3 is 2.94 bits per heavy atom. The minimum Gasteiger partial charge on any atom is -0.392 e. The van der Waals surface area contributed by atoms with Gasteiger partial charge >= 0.3 is 0 Å². The first-order valence-corrected chi connectivity index (χ1v) is 7.18. The van der Waals surface area contributed by atoms with E-state index in [1.54, 1.807) is 0 Å². The molecule has 0 aromatic heterocycles. The van der Waals surface area contributed by atoms with Gasteiger partial charge in [0.25, 0.3) is 0 Å². The average molecular weight is 314 g/mol. The lowest BCUT2D eigenvalue weighted by Gasteiger charge is -2.28. The van der Waals surface area contributed by atoms with Gasteiger partial charge in [0.05, 0.1) is 13.2 Å². The van der Waals surface area contributed by atoms with Crippen molar-refractivity contribution in [1.82, 2.24) is 0 Å². The Morgan fingerprint density at radius 2 is 2.33 bits per heavy atom. The molecule has 1 aromatic rings. The average Bonchev–Trinajstić information content (AvgIpc) is 2.39. The lowest BCUT2D eigenvalue weighted by Crippen LogP contribution is -2.30. The van der Waals surface area contributed by atoms with E-state index < -0.39 is 0 Å². The summed E-state index contributed by atoms with van der Waals surface area (Å²) in [5, 5.41) is 9.15. The van der Waals surface area contributed by atoms with E-state index in [2.05, 4.69) is 40.0 Å². The molecule has 1 heterocycles. The van der Waals surface area contributed by atoms with Crippen molar-refractivity contribution in [3.05, 3.63) is 28.2 Å². The van der Waals surface area contributed by atoms with Gasteiger partial charge in [-0.05, 0) is 36.5 Å². The quantitative estimate of drug-likeness (QED) is 0.927. The third kappa shape index (κ3) is 3.46. The van der Waals surface area contributed by atoms with Crippen LogP contribution in [-0.4, -0.2) is 31.9 Å². The Kier molecular flexibility index (Phi) is 5.03. The van der Waals surface area contributed by atoms with Crippen LogP contribution in [0.5, 0.6) is 0 Å². The molecule has 100 valence electrons. The molecule has 0 spiro atoms. The fraction of sp³-hybridized carbons (Fsp3) is 0.571. The molecule has 0 radical (unpaired) electrons. The molecular formula is C14H20BrNO2. The monoisotopic (exact) mass is 313 g/mol. The summed E-state index contributed by atoms with van der Waals surface area (Å²) in [5.74, 6) is 0.625. The zero-order valence-electron chi connectivity index (χ0n) is 10.7. The maximum atomic E-state index is 9.15. The van der Waals surface area contributed by atoms with Gasteiger partial charge in [-0.2, -0.15) is 0 Å². The first-order valence-electron chi connectivity index (χ1n) is 6.39. The van der Waals surface area contributed by atoms with Gasteiger partial charge < -0.3 is 14.7 Å². The van der Waals surface area contributed by atoms with Crippen molar-refractivity contribution in [2.45, 2.75) is 19.4 Å². The number of halogens is 1. The molecule has 0 bridgehead atoms. The first-order chi connectivity index (χ1) is 8.70. The van der Waals surface area contributed by atoms with Gasteiger partial charge in [-0.1, -0.05) is 22.0 Å². The summed E-state index contributed by atoms with van der Waals surface area (Å²) in [4.78, 5) is 2.26. The number of hydrogen-bond acceptors (Lipinski definition) is 3. The summed E-state index contributed by atoms with van der Waals surface area (Å²) in [6.45, 7) is 2.88. The normalized spacial score (nSPS) is 19.8. The van der Waals surface area contributed by atoms with E-state index >= 15 is 0 Å². The lowest BCUT2D eigenvalue weighted by molar-refractivity contribution is 0.0576. The van der Waals surface area contributed by atoms with Crippen LogP contribution >= 0.6 is 15.9 Å². The highest BCUT2D eigenvalue weighted by molar-refractivity contribution is 9.10. The molecule has 1 saturated heterocycles. The highest BCUT2D eigenvalue weighted by atomic mass is 79.9. The zero-order valence-corrected chi connectivity index (χ0v) is 12.3. The van der Waals surface area contributed by atoms with Gasteiger partial charge in [-0.25, -0.2) is 0 Å². The SMILES string of the molecule is CN(CC1CCCOC1)c1ccc(CO)c(Br)c1. The fourth-order valence-electron chi connectivity index (χ4n) is 2.35. The zero-order chi connectivity index (χ0) is 13.0. The van der Waals surface area contributed by atoms with E-state index in [1.807, 2.05) is 6.07 Å². The standard InChI is InChI=1S/C14H20BrNO2/c1-16(8-11-3-2-6-18-10-11)13-5-4-12(9-17)14(15)7-13/h4-5,7,11,17H,2-3,6,8-10H2,1H3. The van der Waals surface area contributed by atoms with Crippen molar-refractivity contribution in [3.63, 3.8) is 0 Å². The predicted octanol–water partition coefficient (Wildman–Crippen LogP) is 2.80. The van der Waals surface area contributed by atoms with Gasteiger partial charge in [0.2, 0.25) is 0 Å². The number of aliphatic hydroxyl groups excluding tert-OH is 1. The van der Waals surface area contributed by atoms with E-state index in [1.165, 1.54) is 18.5 Å². The van der Waals surface area contributed by atoms with Crippen molar-refractivity contribution in [2.24, 2.45) is 5.92 Å². The molecule has 1 aliphatic rings. The number of hydrogen-bond donors (Lipinski definition) is 1. The molecule has 1 fully saturated rings. The second-order valence-electron chi connectivity index (χ2n) is 4.90. The molecule has 1 N–H and O–H groups in total. The van der Waals surface area contributed by atoms with E-state index in [4.69, 9.17) is 9.84 Å². The Labute approximate surface area is 117 Å². The minimum atomic E-state index is 0.0705. The largest absolute Gasteiger partial charge is 0.392 e. The van der Waals surface area contributed by atoms with E-state index in [9.17, 15) is 0 Å². The molecule has 3 nitrogen and oxygen atoms in total. The van der Waals surface area contributed by atoms with Gasteiger partial charge in [0, 0.05) is 30.4 Å². The maximum absolute atomic E-state index is 9.15. The van der Waals surface area contributed by atoms with Crippen molar-refractivity contribution in [1.29, 1.82) is 0 Å². The minimum absolute atomic E-state index is 0.0705. The highest BCUT2D eigenvalue weighted by Gasteiger charge is 2.16. The second-order valence-corrected chi connectivity index (χ2v) is 5.75. The Hall–Kier alpha value is -0.580. The summed E-state index contributed by atoms with van der Waals surface area (Å²) in [7, 11) is 2.11. The van der Waals surface area contributed by atoms with Crippen molar-refractivity contribution in [3.8, 4) is 0 Å². The van der Waals surface area contributed by atoms with E-state index in [0.717, 1.165) is 29.8 Å². The van der Waals surface area contributed by atoms with Crippen LogP contribution in [0.25, 0.3) is 0 Å². The highest BCUT2D eigenvalue weighted by Crippen LogP contribution is 2.25. The number of ether oxygens (including phenoxy) is 1. The van der Waals surface area contributed by atoms with Crippen LogP contribution in [0.2, 0.25) is 0 Å². The van der Waals surface area contributed by atoms with Crippen molar-refractivity contribution in [2.75, 3.05) is 31.7 Å². The number of aliphatic hydroxyl groups is 1. The van der Waals surface area contributed by atoms with E-state index in [0.29, 0.717) is 5.92 Å². The molecule has 1 unspecified atom stereocenters. The summed E-state index contributed by atoms with van der Waals surface area (Å²) >= 11 is 3.49. The van der Waals surface area contributed by atoms with Crippen molar-refractivity contribution < 1.29 is 9.84 Å². The third-order valence-corrected chi connectivity index (χ3v) is 4.17. The summed E-state index contributed by atoms with van der Waals surface area (Å²) in [5.41, 5.74) is 2.10. The van der Waals surface area contributed by atoms with E-state index in [-0.39, 0.29) is 6.61 Å². The molecule has 4 heteroatoms. The number of anilines is 1. The number of benzene rings is 1. The van der Waals surface area contributed by atoms with Gasteiger partial charge in [-0.15, -0.1) is 0 Å². The fourth-order valence-corrected chi connectivity index (χ4v) is 2.84. The summed E-state index contributed by atoms with van der Waals surface area (Å²) < 4.78 is 6.48. The second kappa shape index (κ2) is 6.55. The van der Waals surface area contributed by atoms with Crippen LogP contribution in [0.15, 0.2) is 22.7 Å². The Balaban J connectivity index is 1.99. The van der Waals surface area contributed by atoms with Gasteiger partial charge in [0.1, 0.15) is 0 Å². The molecule has 1 aliphatic heterocycles. The molecule has 1 atom stereocenters. The molecular weight excluding hydrogens is 294 g/mol. The van der Waals surface area contributed by atoms with Crippen LogP contribution in [0, 0.1) is 5.92 Å². The summed E-state index contributed by atoms with van der Waals surface area (Å²) in [6.07, 6.45) is 2.42. The van der Waals surface area contributed by atoms with Gasteiger partial charge in [-0.3, -0.25) is 0 Å². The maximum Gasteiger partial charge on any atom is 0.0692 e. The van der Waals surface area contributed by atoms with Crippen LogP contribution < -0.4 is 4.90 Å². The smallest absolute Gasteiger partial charge is 0.0692 e. The lowest BCUT2D eigenvalue weighted by atomic mass is 10.0. The molecule has 2 rings (SSSR count). The Morgan fingerprint density at radius 1 is 1.50 bits per heavy atom. The first kappa shape index (κ1) is 13.8. The molecule has 1 aromatic carbocycles. The van der Waals surface area contributed by atoms with Crippen LogP contribution in [0.1, 0.15) is 18.4 Å². The molecule has 0 aliphatic carbocycles. The number of rotatable bonds is 4. The van der Waals surface area contributed by atoms with Gasteiger partial charge in [0.15, 0.2) is 0 Å². The predicted molar refractivity (Wildman–Crippen MR) is 76.9 cm³/mol. The molecule has 18 heavy (non-hydrogen) atoms. The van der Waals surface area contributed by atoms with Crippen LogP contribution in [-0.2, 0) is 11.3 Å².